The zero-order chi connectivity index (χ0) is 10.5. The zero-order valence-electron chi connectivity index (χ0n) is 9.03. The topological polar surface area (TPSA) is 0 Å². The molecule has 5 rings (SSSR count). The van der Waals surface area contributed by atoms with Crippen LogP contribution in [0.25, 0.3) is 0 Å². The van der Waals surface area contributed by atoms with E-state index < -0.39 is 0 Å². The maximum atomic E-state index is 2.17. The molecule has 2 heterocycles. The van der Waals surface area contributed by atoms with Gasteiger partial charge < -0.3 is 0 Å². The van der Waals surface area contributed by atoms with Crippen molar-refractivity contribution >= 4 is 47.0 Å². The number of allylic oxidation sites excluding steroid dienone is 4. The molecule has 0 aromatic carbocycles. The van der Waals surface area contributed by atoms with E-state index in [1.54, 1.807) is 19.6 Å². The van der Waals surface area contributed by atoms with E-state index in [0.717, 1.165) is 11.8 Å². The smallest absolute Gasteiger partial charge is 0.0226 e. The second-order valence-corrected chi connectivity index (χ2v) is 9.08. The molecule has 4 heteroatoms. The number of rotatable bonds is 0. The summed E-state index contributed by atoms with van der Waals surface area (Å²) in [4.78, 5) is 7.12. The Morgan fingerprint density at radius 2 is 0.875 bits per heavy atom. The summed E-state index contributed by atoms with van der Waals surface area (Å²) in [6.07, 6.45) is 2.87. The first-order valence-corrected chi connectivity index (χ1v) is 9.88. The van der Waals surface area contributed by atoms with Crippen molar-refractivity contribution in [1.82, 2.24) is 0 Å². The molecule has 0 nitrogen and oxygen atoms in total. The Kier molecular flexibility index (Phi) is 2.84. The molecule has 3 aliphatic carbocycles. The SMILES string of the molecule is C1CSC2=C(S1)C1CCC2C2=C1SCCS2. The van der Waals surface area contributed by atoms with Crippen LogP contribution in [0.1, 0.15) is 12.8 Å². The van der Waals surface area contributed by atoms with E-state index in [0.29, 0.717) is 0 Å². The summed E-state index contributed by atoms with van der Waals surface area (Å²) in [5.41, 5.74) is 0. The van der Waals surface area contributed by atoms with E-state index in [9.17, 15) is 0 Å². The van der Waals surface area contributed by atoms with Gasteiger partial charge in [-0.3, -0.25) is 0 Å². The second-order valence-electron chi connectivity index (χ2n) is 4.53. The predicted molar refractivity (Wildman–Crippen MR) is 80.1 cm³/mol. The highest BCUT2D eigenvalue weighted by molar-refractivity contribution is 8.11. The minimum absolute atomic E-state index is 0.825. The fraction of sp³-hybridized carbons (Fsp3) is 0.667. The molecule has 2 bridgehead atoms. The van der Waals surface area contributed by atoms with Crippen molar-refractivity contribution in [3.05, 3.63) is 19.6 Å². The number of thioether (sulfide) groups is 4. The van der Waals surface area contributed by atoms with Crippen LogP contribution in [-0.2, 0) is 0 Å². The van der Waals surface area contributed by atoms with E-state index in [-0.39, 0.29) is 0 Å². The van der Waals surface area contributed by atoms with Gasteiger partial charge in [-0.1, -0.05) is 0 Å². The molecule has 0 unspecified atom stereocenters. The summed E-state index contributed by atoms with van der Waals surface area (Å²) in [7, 11) is 0. The molecule has 0 saturated carbocycles. The van der Waals surface area contributed by atoms with Gasteiger partial charge in [0, 0.05) is 54.5 Å². The lowest BCUT2D eigenvalue weighted by Crippen LogP contribution is -2.29. The minimum Gasteiger partial charge on any atom is -0.128 e. The summed E-state index contributed by atoms with van der Waals surface area (Å²) in [5, 5.41) is 0. The molecule has 0 radical (unpaired) electrons. The van der Waals surface area contributed by atoms with Gasteiger partial charge in [0.25, 0.3) is 0 Å². The molecular formula is C12H14S4. The van der Waals surface area contributed by atoms with Crippen LogP contribution in [0.5, 0.6) is 0 Å². The first-order valence-electron chi connectivity index (χ1n) is 5.94. The van der Waals surface area contributed by atoms with Gasteiger partial charge in [-0.05, 0) is 12.8 Å². The van der Waals surface area contributed by atoms with Crippen LogP contribution in [-0.4, -0.2) is 23.0 Å². The van der Waals surface area contributed by atoms with Gasteiger partial charge in [0.15, 0.2) is 0 Å². The fourth-order valence-corrected chi connectivity index (χ4v) is 9.03. The molecule has 0 aromatic heterocycles. The predicted octanol–water partition coefficient (Wildman–Crippen LogP) is 4.41. The van der Waals surface area contributed by atoms with Crippen LogP contribution < -0.4 is 0 Å². The fourth-order valence-electron chi connectivity index (χ4n) is 3.08. The van der Waals surface area contributed by atoms with Crippen LogP contribution in [0, 0.1) is 11.8 Å². The molecule has 86 valence electrons. The number of hydrogen-bond acceptors (Lipinski definition) is 4. The third-order valence-electron chi connectivity index (χ3n) is 3.69. The first kappa shape index (κ1) is 10.8. The zero-order valence-corrected chi connectivity index (χ0v) is 12.3. The van der Waals surface area contributed by atoms with Crippen LogP contribution in [0.2, 0.25) is 0 Å². The van der Waals surface area contributed by atoms with Crippen molar-refractivity contribution in [2.75, 3.05) is 23.0 Å². The van der Waals surface area contributed by atoms with Crippen molar-refractivity contribution in [1.29, 1.82) is 0 Å². The summed E-state index contributed by atoms with van der Waals surface area (Å²) in [6, 6.07) is 0. The molecule has 0 amide bonds. The van der Waals surface area contributed by atoms with Gasteiger partial charge in [-0.2, -0.15) is 0 Å². The molecule has 5 aliphatic rings. The van der Waals surface area contributed by atoms with Crippen molar-refractivity contribution in [2.45, 2.75) is 12.8 Å². The average molecular weight is 287 g/mol. The molecule has 0 spiro atoms. The van der Waals surface area contributed by atoms with Gasteiger partial charge in [0.2, 0.25) is 0 Å². The molecule has 0 atom stereocenters. The van der Waals surface area contributed by atoms with E-state index in [1.807, 2.05) is 0 Å². The van der Waals surface area contributed by atoms with Crippen LogP contribution in [0.4, 0.5) is 0 Å². The molecule has 0 fully saturated rings. The molecule has 2 aliphatic heterocycles. The Morgan fingerprint density at radius 3 is 1.19 bits per heavy atom. The maximum absolute atomic E-state index is 2.17. The number of hydrogen-bond donors (Lipinski definition) is 0. The van der Waals surface area contributed by atoms with E-state index in [4.69, 9.17) is 0 Å². The lowest BCUT2D eigenvalue weighted by molar-refractivity contribution is 0.503. The third kappa shape index (κ3) is 1.49. The van der Waals surface area contributed by atoms with E-state index >= 15 is 0 Å². The molecule has 16 heavy (non-hydrogen) atoms. The Morgan fingerprint density at radius 1 is 0.562 bits per heavy atom. The van der Waals surface area contributed by atoms with Crippen molar-refractivity contribution < 1.29 is 0 Å². The highest BCUT2D eigenvalue weighted by Crippen LogP contribution is 2.62. The lowest BCUT2D eigenvalue weighted by Gasteiger charge is -2.45. The summed E-state index contributed by atoms with van der Waals surface area (Å²) in [5.74, 6) is 7.01. The van der Waals surface area contributed by atoms with E-state index in [1.165, 1.54) is 35.9 Å². The van der Waals surface area contributed by atoms with Crippen molar-refractivity contribution in [3.63, 3.8) is 0 Å². The number of fused-ring (bicyclic) bond motifs is 1. The standard InChI is InChI=1S/C12H14S4/c1-2-8-11-9(13-3-5-15-11)7(1)10-12(8)16-6-4-14-10/h7-8H,1-6H2. The Labute approximate surface area is 114 Å². The highest BCUT2D eigenvalue weighted by atomic mass is 32.2. The Hall–Kier alpha value is 0.880. The third-order valence-corrected chi connectivity index (χ3v) is 9.36. The molecule has 0 aromatic rings. The summed E-state index contributed by atoms with van der Waals surface area (Å²) >= 11 is 8.67. The molecular weight excluding hydrogens is 272 g/mol. The van der Waals surface area contributed by atoms with Crippen molar-refractivity contribution in [3.8, 4) is 0 Å². The van der Waals surface area contributed by atoms with Gasteiger partial charge in [0.1, 0.15) is 0 Å². The Balaban J connectivity index is 1.81. The summed E-state index contributed by atoms with van der Waals surface area (Å²) in [6.45, 7) is 0. The normalized spacial score (nSPS) is 37.5. The first-order chi connectivity index (χ1) is 7.95. The monoisotopic (exact) mass is 286 g/mol. The summed E-state index contributed by atoms with van der Waals surface area (Å²) < 4.78 is 0. The highest BCUT2D eigenvalue weighted by Gasteiger charge is 2.43. The van der Waals surface area contributed by atoms with Gasteiger partial charge in [-0.25, -0.2) is 0 Å². The van der Waals surface area contributed by atoms with E-state index in [2.05, 4.69) is 47.0 Å². The quantitative estimate of drug-likeness (QED) is 0.646. The Bertz CT molecular complexity index is 326. The largest absolute Gasteiger partial charge is 0.128 e. The second kappa shape index (κ2) is 4.22. The van der Waals surface area contributed by atoms with Crippen molar-refractivity contribution in [2.24, 2.45) is 11.8 Å². The average Bonchev–Trinajstić information content (AvgIpc) is 2.40. The van der Waals surface area contributed by atoms with Crippen LogP contribution in [0.15, 0.2) is 19.6 Å². The van der Waals surface area contributed by atoms with Gasteiger partial charge >= 0.3 is 0 Å². The molecule has 0 N–H and O–H groups in total. The lowest BCUT2D eigenvalue weighted by atomic mass is 9.81. The van der Waals surface area contributed by atoms with Crippen LogP contribution in [0.3, 0.4) is 0 Å². The van der Waals surface area contributed by atoms with Crippen LogP contribution >= 0.6 is 47.0 Å². The van der Waals surface area contributed by atoms with Gasteiger partial charge in [-0.15, -0.1) is 47.0 Å². The minimum atomic E-state index is 0.825. The maximum Gasteiger partial charge on any atom is 0.0226 e. The van der Waals surface area contributed by atoms with Gasteiger partial charge in [0.05, 0.1) is 0 Å². The molecule has 0 saturated heterocycles.